The van der Waals surface area contributed by atoms with Crippen molar-refractivity contribution in [2.45, 2.75) is 343 Å². The smallest absolute Gasteiger partial charge is 0.373 e. The number of aryl methyl sites for hydroxylation is 3. The van der Waals surface area contributed by atoms with Crippen LogP contribution in [0.3, 0.4) is 0 Å². The highest BCUT2D eigenvalue weighted by atomic mass is 127. The van der Waals surface area contributed by atoms with Gasteiger partial charge in [0.25, 0.3) is 0 Å². The predicted molar refractivity (Wildman–Crippen MR) is 512 cm³/mol. The second kappa shape index (κ2) is 55.6. The Morgan fingerprint density at radius 2 is 0.974 bits per heavy atom. The number of nitrogens with one attached hydrogen (secondary N) is 2. The zero-order valence-electron chi connectivity index (χ0n) is 79.1. The molecule has 656 valence electrons. The summed E-state index contributed by atoms with van der Waals surface area (Å²) in [5, 5.41) is 9.58. The first-order chi connectivity index (χ1) is 54.2. The number of hydrogen-bond acceptors (Lipinski definition) is 10. The highest BCUT2D eigenvalue weighted by Gasteiger charge is 2.42. The summed E-state index contributed by atoms with van der Waals surface area (Å²) < 4.78 is 18.0. The molecule has 3 N–H and O–H groups in total. The fourth-order valence-corrected chi connectivity index (χ4v) is 19.7. The van der Waals surface area contributed by atoms with Gasteiger partial charge in [-0.15, -0.1) is 0 Å². The first kappa shape index (κ1) is 109. The second-order valence-corrected chi connectivity index (χ2v) is 49.6. The number of alkyl halides is 1. The summed E-state index contributed by atoms with van der Waals surface area (Å²) in [6.45, 7) is 72.1. The van der Waals surface area contributed by atoms with Gasteiger partial charge in [-0.25, -0.2) is 19.7 Å². The van der Waals surface area contributed by atoms with Crippen molar-refractivity contribution in [3.63, 3.8) is 0 Å². The average molecular weight is 1770 g/mol. The molecule has 7 aliphatic rings. The van der Waals surface area contributed by atoms with Gasteiger partial charge in [0.2, 0.25) is 0 Å². The fourth-order valence-electron chi connectivity index (χ4n) is 14.7. The Kier molecular flexibility index (Phi) is 52.0. The third kappa shape index (κ3) is 41.3. The van der Waals surface area contributed by atoms with E-state index in [1.54, 1.807) is 62.7 Å². The van der Waals surface area contributed by atoms with E-state index in [0.29, 0.717) is 29.2 Å². The van der Waals surface area contributed by atoms with Crippen LogP contribution in [0.2, 0.25) is 36.3 Å². The van der Waals surface area contributed by atoms with Crippen molar-refractivity contribution in [2.24, 2.45) is 56.7 Å². The number of imidazole rings is 4. The number of ether oxygens (including phenoxy) is 2. The molecule has 1 saturated heterocycles. The standard InChI is InChI=1S/C19H34N2Si.C13H20N2.C12H18N2S.C10H20N2Si.C10H18.C9H15I.C9H16O.C6H10.C5H8O2.C4H8O.CO2/c1-14-9-10-16(11-15(14)2)12-17-13-21(6)18(20-17)22(7,8)19(3,4)5;1-10-4-5-12(6-11(10)2)7-13-8-15(3)9-14-13;1-8-3-4-10(5-9(8)2)6-11-7-13-12(15)14-11;1-10(2,3)13(5,6)9-11-7-8-12(9)4;1-4-10-6-5-8(2)9(3)7-10;2*1-7-3-4-9(6-10)5-8(7)2;1-5(2)6(3)4;1-3-5(6)7-4-2;1-2-4-5-3-1;2-1-3/h13,16H,9-12H2,1-8H3;8-9,12H,4-7H2,1-3H3;7,10H,3-6H2,1-2H3,(H2,13,14,15);7-8H,1-6H3;10H,4-7H2,1-3H3;9H,3-6H2,1-2H3;9-10H,3-6H2,1-2H3;1,3H2,2,4H3;3H,1,4H2,2H3;1-4H2;. The maximum atomic E-state index is 10.1. The molecule has 4 aromatic rings. The summed E-state index contributed by atoms with van der Waals surface area (Å²) in [6.07, 6.45) is 44.3. The average Bonchev–Trinajstić information content (AvgIpc) is 1.58. The first-order valence-electron chi connectivity index (χ1n) is 43.7. The Hall–Kier alpha value is -5.35. The second-order valence-electron chi connectivity index (χ2n) is 37.9. The molecule has 0 radical (unpaired) electrons. The SMILES string of the molecule is C1CCOC1.C=C(C)C(=C)C.C=CC(=O)OCC.CC1=C(C)CC(CI)CC1.CC1=C(C)CC(CO)CC1.CC1=C(C)CC(Cc2c[nH]c(=S)[nH]2)CC1.CC1=C(C)CC(Cc2cn(C)c([Si](C)(C)C(C)(C)C)n2)CC1.CC1=C(C)CC(Cc2cn(C)cn2)CC1.CCC1CCC(C)=C(C)C1.Cn1ccnc1[Si](C)(C)C(C)(C)C.O=C=O. The van der Waals surface area contributed by atoms with E-state index >= 15 is 0 Å². The van der Waals surface area contributed by atoms with Crippen LogP contribution >= 0.6 is 34.8 Å². The number of rotatable bonds is 14. The van der Waals surface area contributed by atoms with E-state index in [1.165, 1.54) is 172 Å². The number of esters is 1. The number of halogens is 1. The minimum atomic E-state index is -1.55. The molecule has 14 nitrogen and oxygen atoms in total. The zero-order valence-corrected chi connectivity index (χ0v) is 84.1. The number of aromatic amines is 2. The maximum absolute atomic E-state index is 10.1. The fraction of sp³-hybridized carbons (Fsp3) is 0.673. The molecule has 0 bridgehead atoms. The van der Waals surface area contributed by atoms with E-state index in [4.69, 9.17) is 36.6 Å². The Morgan fingerprint density at radius 3 is 1.28 bits per heavy atom. The van der Waals surface area contributed by atoms with Gasteiger partial charge in [-0.05, 0) is 309 Å². The molecule has 116 heavy (non-hydrogen) atoms. The molecule has 0 amide bonds. The molecule has 0 saturated carbocycles. The van der Waals surface area contributed by atoms with Crippen LogP contribution in [0.15, 0.2) is 141 Å². The molecule has 6 aliphatic carbocycles. The summed E-state index contributed by atoms with van der Waals surface area (Å²) in [4.78, 5) is 46.5. The third-order valence-electron chi connectivity index (χ3n) is 26.1. The number of carbonyl (C=O) groups is 1. The number of aliphatic hydroxyl groups is 1. The molecular weight excluding hydrogens is 1600 g/mol. The number of hydrogen-bond donors (Lipinski definition) is 3. The molecule has 6 atom stereocenters. The van der Waals surface area contributed by atoms with Gasteiger partial charge in [0.05, 0.1) is 35.2 Å². The highest BCUT2D eigenvalue weighted by molar-refractivity contribution is 14.1. The van der Waals surface area contributed by atoms with Gasteiger partial charge in [-0.2, -0.15) is 9.59 Å². The predicted octanol–water partition coefficient (Wildman–Crippen LogP) is 26.1. The number of nitrogens with zero attached hydrogens (tertiary/aromatic N) is 6. The Labute approximate surface area is 729 Å². The van der Waals surface area contributed by atoms with E-state index in [1.807, 2.05) is 50.4 Å². The number of aliphatic hydroxyl groups excluding tert-OH is 1. The van der Waals surface area contributed by atoms with Gasteiger partial charge in [-0.3, -0.25) is 0 Å². The minimum absolute atomic E-state index is 0.250. The molecule has 18 heteroatoms. The van der Waals surface area contributed by atoms with Crippen LogP contribution in [0.4, 0.5) is 0 Å². The van der Waals surface area contributed by atoms with E-state index in [-0.39, 0.29) is 12.1 Å². The Balaban J connectivity index is 0.000000658. The summed E-state index contributed by atoms with van der Waals surface area (Å²) >= 11 is 7.52. The summed E-state index contributed by atoms with van der Waals surface area (Å²) in [5.41, 5.74) is 27.8. The molecule has 0 spiro atoms. The maximum Gasteiger partial charge on any atom is 0.373 e. The van der Waals surface area contributed by atoms with Gasteiger partial charge in [-0.1, -0.05) is 201 Å². The molecule has 1 fully saturated rings. The van der Waals surface area contributed by atoms with Crippen molar-refractivity contribution >= 4 is 74.0 Å². The van der Waals surface area contributed by atoms with Crippen molar-refractivity contribution < 1.29 is 29.0 Å². The lowest BCUT2D eigenvalue weighted by atomic mass is 9.83. The zero-order chi connectivity index (χ0) is 88.4. The van der Waals surface area contributed by atoms with E-state index in [9.17, 15) is 4.79 Å². The highest BCUT2D eigenvalue weighted by Crippen LogP contribution is 2.39. The van der Waals surface area contributed by atoms with Crippen LogP contribution < -0.4 is 10.9 Å². The number of aromatic nitrogens is 8. The molecule has 6 unspecified atom stereocenters. The van der Waals surface area contributed by atoms with Crippen LogP contribution in [0.25, 0.3) is 0 Å². The minimum Gasteiger partial charge on any atom is -0.463 e. The Morgan fingerprint density at radius 1 is 0.595 bits per heavy atom. The summed E-state index contributed by atoms with van der Waals surface area (Å²) in [5.74, 6) is 4.53. The van der Waals surface area contributed by atoms with Crippen LogP contribution in [0.5, 0.6) is 0 Å². The Bertz CT molecular complexity index is 3810. The van der Waals surface area contributed by atoms with Crippen LogP contribution in [-0.2, 0) is 64.3 Å². The van der Waals surface area contributed by atoms with E-state index in [0.717, 1.165) is 90.5 Å². The normalized spacial score (nSPS) is 20.2. The lowest BCUT2D eigenvalue weighted by Crippen LogP contribution is -2.53. The van der Waals surface area contributed by atoms with Crippen molar-refractivity contribution in [3.8, 4) is 0 Å². The van der Waals surface area contributed by atoms with Crippen molar-refractivity contribution in [2.75, 3.05) is 30.9 Å². The van der Waals surface area contributed by atoms with E-state index in [2.05, 4.69) is 260 Å². The van der Waals surface area contributed by atoms with E-state index < -0.39 is 16.1 Å². The topological polar surface area (TPSA) is 175 Å². The van der Waals surface area contributed by atoms with Gasteiger partial charge < -0.3 is 38.2 Å². The molecule has 1 aliphatic heterocycles. The molecule has 5 heterocycles. The number of carbonyl (C=O) groups excluding carboxylic acids is 3. The van der Waals surface area contributed by atoms with Crippen molar-refractivity contribution in [1.82, 2.24) is 38.6 Å². The third-order valence-corrected chi connectivity index (χ3v) is 38.2. The van der Waals surface area contributed by atoms with Gasteiger partial charge in [0.1, 0.15) is 16.1 Å². The van der Waals surface area contributed by atoms with Crippen LogP contribution in [0.1, 0.15) is 304 Å². The summed E-state index contributed by atoms with van der Waals surface area (Å²) in [7, 11) is 3.33. The molecule has 11 rings (SSSR count). The summed E-state index contributed by atoms with van der Waals surface area (Å²) in [6, 6.07) is 0. The quantitative estimate of drug-likeness (QED) is 0.0161. The monoisotopic (exact) mass is 1770 g/mol. The molecular formula is C98H167IN8O6SSi2. The van der Waals surface area contributed by atoms with Gasteiger partial charge in [0.15, 0.2) is 4.77 Å². The van der Waals surface area contributed by atoms with Crippen molar-refractivity contribution in [3.05, 3.63) is 163 Å². The molecule has 0 aromatic carbocycles. The van der Waals surface area contributed by atoms with Crippen molar-refractivity contribution in [1.29, 1.82) is 0 Å². The van der Waals surface area contributed by atoms with Crippen LogP contribution in [-0.4, -0.2) is 103 Å². The molecule has 4 aromatic heterocycles. The van der Waals surface area contributed by atoms with Gasteiger partial charge in [0, 0.05) is 88.1 Å². The number of allylic oxidation sites excluding steroid dienone is 14. The van der Waals surface area contributed by atoms with Crippen LogP contribution in [0, 0.1) is 40.3 Å². The first-order valence-corrected chi connectivity index (χ1v) is 51.6. The lowest BCUT2D eigenvalue weighted by molar-refractivity contribution is -0.191. The number of H-pyrrole nitrogens is 2. The lowest BCUT2D eigenvalue weighted by Gasteiger charge is -2.35. The largest absolute Gasteiger partial charge is 0.463 e. The van der Waals surface area contributed by atoms with Gasteiger partial charge >= 0.3 is 12.1 Å².